The third kappa shape index (κ3) is 2.35. The molecule has 0 spiro atoms. The van der Waals surface area contributed by atoms with Crippen LogP contribution in [-0.4, -0.2) is 0 Å². The Kier molecular flexibility index (Phi) is 3.21. The maximum Gasteiger partial charge on any atom is 0.128 e. The lowest BCUT2D eigenvalue weighted by Gasteiger charge is -2.14. The van der Waals surface area contributed by atoms with Gasteiger partial charge in [-0.3, -0.25) is 5.84 Å². The molecule has 0 aliphatic carbocycles. The topological polar surface area (TPSA) is 51.2 Å². The Bertz CT molecular complexity index is 525. The van der Waals surface area contributed by atoms with E-state index in [1.807, 2.05) is 0 Å². The molecule has 0 radical (unpaired) electrons. The second-order valence-electron chi connectivity index (χ2n) is 3.71. The Morgan fingerprint density at radius 3 is 2.59 bits per heavy atom. The zero-order valence-corrected chi connectivity index (χ0v) is 9.21. The zero-order chi connectivity index (χ0) is 12.4. The van der Waals surface area contributed by atoms with Crippen LogP contribution >= 0.6 is 0 Å². The number of hydrogen-bond acceptors (Lipinski definition) is 3. The van der Waals surface area contributed by atoms with Gasteiger partial charge in [-0.1, -0.05) is 0 Å². The van der Waals surface area contributed by atoms with E-state index >= 15 is 0 Å². The van der Waals surface area contributed by atoms with E-state index in [0.717, 1.165) is 18.2 Å². The molecule has 1 aromatic carbocycles. The molecule has 17 heavy (non-hydrogen) atoms. The molecule has 2 rings (SSSR count). The Hall–Kier alpha value is -1.72. The molecule has 3 N–H and O–H groups in total. The molecule has 0 aliphatic rings. The number of rotatable bonds is 3. The van der Waals surface area contributed by atoms with Gasteiger partial charge in [-0.05, 0) is 37.3 Å². The fourth-order valence-electron chi connectivity index (χ4n) is 1.67. The lowest BCUT2D eigenvalue weighted by atomic mass is 10.0. The molecule has 1 atom stereocenters. The molecule has 0 aliphatic heterocycles. The lowest BCUT2D eigenvalue weighted by Crippen LogP contribution is -2.29. The van der Waals surface area contributed by atoms with Crippen molar-refractivity contribution in [2.24, 2.45) is 5.84 Å². The predicted molar refractivity (Wildman–Crippen MR) is 59.0 cm³/mol. The molecule has 2 aromatic rings. The molecule has 0 fully saturated rings. The minimum absolute atomic E-state index is 0.113. The van der Waals surface area contributed by atoms with Crippen molar-refractivity contribution in [1.82, 2.24) is 5.43 Å². The Morgan fingerprint density at radius 2 is 2.00 bits per heavy atom. The average Bonchev–Trinajstić information content (AvgIpc) is 2.71. The molecular formula is C12H12F2N2O. The first-order chi connectivity index (χ1) is 8.11. The van der Waals surface area contributed by atoms with E-state index < -0.39 is 17.7 Å². The van der Waals surface area contributed by atoms with Gasteiger partial charge in [0.15, 0.2) is 0 Å². The van der Waals surface area contributed by atoms with Crippen molar-refractivity contribution >= 4 is 0 Å². The summed E-state index contributed by atoms with van der Waals surface area (Å²) in [5, 5.41) is 0. The number of halogens is 2. The SMILES string of the molecule is Cc1ccc(C(NN)c2cc(F)ccc2F)o1. The van der Waals surface area contributed by atoms with Gasteiger partial charge in [0, 0.05) is 5.56 Å². The summed E-state index contributed by atoms with van der Waals surface area (Å²) in [5.41, 5.74) is 2.53. The standard InChI is InChI=1S/C12H12F2N2O/c1-7-2-5-11(17-7)12(16-15)9-6-8(13)3-4-10(9)14/h2-6,12,16H,15H2,1H3. The van der Waals surface area contributed by atoms with Gasteiger partial charge in [0.05, 0.1) is 0 Å². The first-order valence-electron chi connectivity index (χ1n) is 5.09. The molecule has 1 aromatic heterocycles. The van der Waals surface area contributed by atoms with E-state index in [1.165, 1.54) is 0 Å². The monoisotopic (exact) mass is 238 g/mol. The molecule has 0 bridgehead atoms. The van der Waals surface area contributed by atoms with Crippen molar-refractivity contribution in [2.45, 2.75) is 13.0 Å². The highest BCUT2D eigenvalue weighted by molar-refractivity contribution is 5.29. The maximum absolute atomic E-state index is 13.6. The van der Waals surface area contributed by atoms with Crippen LogP contribution in [0.3, 0.4) is 0 Å². The van der Waals surface area contributed by atoms with Gasteiger partial charge in [0.1, 0.15) is 29.2 Å². The van der Waals surface area contributed by atoms with Crippen LogP contribution in [0.25, 0.3) is 0 Å². The van der Waals surface area contributed by atoms with Gasteiger partial charge in [0.2, 0.25) is 0 Å². The maximum atomic E-state index is 13.6. The van der Waals surface area contributed by atoms with Crippen LogP contribution in [0.2, 0.25) is 0 Å². The van der Waals surface area contributed by atoms with Gasteiger partial charge >= 0.3 is 0 Å². The predicted octanol–water partition coefficient (Wildman–Crippen LogP) is 2.42. The minimum atomic E-state index is -0.709. The third-order valence-electron chi connectivity index (χ3n) is 2.48. The van der Waals surface area contributed by atoms with Crippen LogP contribution in [0.4, 0.5) is 8.78 Å². The third-order valence-corrected chi connectivity index (χ3v) is 2.48. The van der Waals surface area contributed by atoms with Gasteiger partial charge in [-0.25, -0.2) is 14.2 Å². The molecule has 0 saturated heterocycles. The summed E-state index contributed by atoms with van der Waals surface area (Å²) < 4.78 is 32.0. The smallest absolute Gasteiger partial charge is 0.128 e. The summed E-state index contributed by atoms with van der Waals surface area (Å²) in [5.74, 6) is 5.42. The molecule has 3 nitrogen and oxygen atoms in total. The number of aryl methyl sites for hydroxylation is 1. The van der Waals surface area contributed by atoms with E-state index in [9.17, 15) is 8.78 Å². The van der Waals surface area contributed by atoms with E-state index in [0.29, 0.717) is 11.5 Å². The van der Waals surface area contributed by atoms with Gasteiger partial charge in [-0.2, -0.15) is 0 Å². The van der Waals surface area contributed by atoms with Crippen LogP contribution in [0.1, 0.15) is 23.1 Å². The summed E-state index contributed by atoms with van der Waals surface area (Å²) >= 11 is 0. The van der Waals surface area contributed by atoms with E-state index in [1.54, 1.807) is 19.1 Å². The summed E-state index contributed by atoms with van der Waals surface area (Å²) in [6.07, 6.45) is 0. The summed E-state index contributed by atoms with van der Waals surface area (Å²) in [4.78, 5) is 0. The average molecular weight is 238 g/mol. The van der Waals surface area contributed by atoms with Crippen LogP contribution in [0.5, 0.6) is 0 Å². The quantitative estimate of drug-likeness (QED) is 0.637. The molecule has 90 valence electrons. The van der Waals surface area contributed by atoms with Crippen LogP contribution in [0.15, 0.2) is 34.7 Å². The van der Waals surface area contributed by atoms with Crippen LogP contribution < -0.4 is 11.3 Å². The van der Waals surface area contributed by atoms with Gasteiger partial charge in [0.25, 0.3) is 0 Å². The number of hydrazine groups is 1. The van der Waals surface area contributed by atoms with Crippen molar-refractivity contribution in [3.63, 3.8) is 0 Å². The largest absolute Gasteiger partial charge is 0.464 e. The Labute approximate surface area is 97.2 Å². The first-order valence-corrected chi connectivity index (χ1v) is 5.09. The first kappa shape index (κ1) is 11.8. The fourth-order valence-corrected chi connectivity index (χ4v) is 1.67. The Balaban J connectivity index is 2.45. The van der Waals surface area contributed by atoms with Gasteiger partial charge < -0.3 is 4.42 Å². The van der Waals surface area contributed by atoms with Crippen molar-refractivity contribution < 1.29 is 13.2 Å². The molecular weight excluding hydrogens is 226 g/mol. The minimum Gasteiger partial charge on any atom is -0.464 e. The highest BCUT2D eigenvalue weighted by Gasteiger charge is 2.20. The molecule has 1 unspecified atom stereocenters. The van der Waals surface area contributed by atoms with E-state index in [4.69, 9.17) is 10.3 Å². The van der Waals surface area contributed by atoms with E-state index in [2.05, 4.69) is 5.43 Å². The summed E-state index contributed by atoms with van der Waals surface area (Å²) in [7, 11) is 0. The van der Waals surface area contributed by atoms with Crippen LogP contribution in [0, 0.1) is 18.6 Å². The second-order valence-corrected chi connectivity index (χ2v) is 3.71. The normalized spacial score (nSPS) is 12.7. The fraction of sp³-hybridized carbons (Fsp3) is 0.167. The molecule has 5 heteroatoms. The highest BCUT2D eigenvalue weighted by Crippen LogP contribution is 2.25. The molecule has 1 heterocycles. The summed E-state index contributed by atoms with van der Waals surface area (Å²) in [6.45, 7) is 1.76. The summed E-state index contributed by atoms with van der Waals surface area (Å²) in [6, 6.07) is 5.91. The van der Waals surface area contributed by atoms with Gasteiger partial charge in [-0.15, -0.1) is 0 Å². The van der Waals surface area contributed by atoms with Crippen molar-refractivity contribution in [2.75, 3.05) is 0 Å². The number of nitrogens with two attached hydrogens (primary N) is 1. The van der Waals surface area contributed by atoms with Crippen molar-refractivity contribution in [3.05, 3.63) is 59.1 Å². The number of benzene rings is 1. The highest BCUT2D eigenvalue weighted by atomic mass is 19.1. The lowest BCUT2D eigenvalue weighted by molar-refractivity contribution is 0.425. The molecule has 0 amide bonds. The molecule has 0 saturated carbocycles. The number of furan rings is 1. The Morgan fingerprint density at radius 1 is 1.24 bits per heavy atom. The van der Waals surface area contributed by atoms with Crippen molar-refractivity contribution in [1.29, 1.82) is 0 Å². The van der Waals surface area contributed by atoms with Crippen LogP contribution in [-0.2, 0) is 0 Å². The van der Waals surface area contributed by atoms with Crippen molar-refractivity contribution in [3.8, 4) is 0 Å². The second kappa shape index (κ2) is 4.65. The van der Waals surface area contributed by atoms with E-state index in [-0.39, 0.29) is 5.56 Å². The number of hydrogen-bond donors (Lipinski definition) is 2. The zero-order valence-electron chi connectivity index (χ0n) is 9.21. The number of nitrogens with one attached hydrogen (secondary N) is 1.